The van der Waals surface area contributed by atoms with E-state index >= 15 is 0 Å². The highest BCUT2D eigenvalue weighted by molar-refractivity contribution is 6.32. The van der Waals surface area contributed by atoms with Crippen molar-refractivity contribution < 1.29 is 9.84 Å². The fourth-order valence-electron chi connectivity index (χ4n) is 1.92. The normalized spacial score (nSPS) is 12.3. The van der Waals surface area contributed by atoms with Crippen LogP contribution in [0.1, 0.15) is 29.7 Å². The highest BCUT2D eigenvalue weighted by Crippen LogP contribution is 2.29. The average molecular weight is 277 g/mol. The molecule has 0 radical (unpaired) electrons. The second kappa shape index (κ2) is 5.64. The second-order valence-corrected chi connectivity index (χ2v) is 5.10. The first-order valence-electron chi connectivity index (χ1n) is 6.20. The predicted octanol–water partition coefficient (Wildman–Crippen LogP) is 4.80. The number of hydrogen-bond acceptors (Lipinski definition) is 2. The molecule has 2 rings (SSSR count). The van der Waals surface area contributed by atoms with Gasteiger partial charge in [0, 0.05) is 5.02 Å². The van der Waals surface area contributed by atoms with E-state index in [1.165, 1.54) is 0 Å². The Bertz CT molecular complexity index is 551. The number of benzene rings is 2. The maximum absolute atomic E-state index is 9.45. The summed E-state index contributed by atoms with van der Waals surface area (Å²) in [5.74, 6) is 1.51. The first-order chi connectivity index (χ1) is 8.97. The molecule has 3 heteroatoms. The number of aliphatic hydroxyl groups is 1. The van der Waals surface area contributed by atoms with Crippen LogP contribution in [0.15, 0.2) is 36.4 Å². The maximum atomic E-state index is 9.45. The lowest BCUT2D eigenvalue weighted by Crippen LogP contribution is -1.91. The summed E-state index contributed by atoms with van der Waals surface area (Å²) in [4.78, 5) is 0. The largest absolute Gasteiger partial charge is 0.457 e. The molecule has 0 saturated heterocycles. The standard InChI is InChI=1S/C16H17ClO2/c1-10-8-15(9-11(2)16(10)17)19-14-6-4-13(5-7-14)12(3)18/h4-9,12,18H,1-3H3. The van der Waals surface area contributed by atoms with E-state index in [4.69, 9.17) is 16.3 Å². The Morgan fingerprint density at radius 1 is 1.00 bits per heavy atom. The van der Waals surface area contributed by atoms with Gasteiger partial charge in [0.2, 0.25) is 0 Å². The molecule has 2 aromatic carbocycles. The van der Waals surface area contributed by atoms with Crippen LogP contribution >= 0.6 is 11.6 Å². The second-order valence-electron chi connectivity index (χ2n) is 4.72. The number of ether oxygens (including phenoxy) is 1. The van der Waals surface area contributed by atoms with E-state index in [1.54, 1.807) is 6.92 Å². The minimum atomic E-state index is -0.464. The van der Waals surface area contributed by atoms with Gasteiger partial charge in [-0.1, -0.05) is 23.7 Å². The Labute approximate surface area is 118 Å². The summed E-state index contributed by atoms with van der Waals surface area (Å²) in [6, 6.07) is 11.2. The van der Waals surface area contributed by atoms with Crippen LogP contribution in [-0.4, -0.2) is 5.11 Å². The number of halogens is 1. The van der Waals surface area contributed by atoms with Gasteiger partial charge >= 0.3 is 0 Å². The van der Waals surface area contributed by atoms with Crippen LogP contribution in [0.3, 0.4) is 0 Å². The van der Waals surface area contributed by atoms with Crippen LogP contribution in [0.25, 0.3) is 0 Å². The summed E-state index contributed by atoms with van der Waals surface area (Å²) < 4.78 is 5.79. The van der Waals surface area contributed by atoms with Crippen LogP contribution in [-0.2, 0) is 0 Å². The Morgan fingerprint density at radius 2 is 1.53 bits per heavy atom. The molecule has 100 valence electrons. The van der Waals surface area contributed by atoms with Gasteiger partial charge in [0.05, 0.1) is 6.10 Å². The smallest absolute Gasteiger partial charge is 0.128 e. The van der Waals surface area contributed by atoms with E-state index in [0.717, 1.165) is 33.2 Å². The average Bonchev–Trinajstić information content (AvgIpc) is 2.36. The van der Waals surface area contributed by atoms with E-state index in [-0.39, 0.29) is 0 Å². The van der Waals surface area contributed by atoms with E-state index in [2.05, 4.69) is 0 Å². The van der Waals surface area contributed by atoms with Crippen molar-refractivity contribution in [3.8, 4) is 11.5 Å². The number of hydrogen-bond donors (Lipinski definition) is 1. The molecule has 1 unspecified atom stereocenters. The number of rotatable bonds is 3. The minimum Gasteiger partial charge on any atom is -0.457 e. The molecule has 0 bridgehead atoms. The van der Waals surface area contributed by atoms with Gasteiger partial charge in [-0.05, 0) is 61.7 Å². The van der Waals surface area contributed by atoms with Crippen LogP contribution in [0, 0.1) is 13.8 Å². The predicted molar refractivity (Wildman–Crippen MR) is 78.1 cm³/mol. The van der Waals surface area contributed by atoms with Gasteiger partial charge < -0.3 is 9.84 Å². The molecule has 0 aliphatic carbocycles. The van der Waals surface area contributed by atoms with Crippen molar-refractivity contribution in [2.75, 3.05) is 0 Å². The molecule has 0 aliphatic rings. The van der Waals surface area contributed by atoms with E-state index < -0.39 is 6.10 Å². The summed E-state index contributed by atoms with van der Waals surface area (Å²) in [6.45, 7) is 5.65. The summed E-state index contributed by atoms with van der Waals surface area (Å²) in [6.07, 6.45) is -0.464. The van der Waals surface area contributed by atoms with Gasteiger partial charge in [0.15, 0.2) is 0 Å². The Hall–Kier alpha value is -1.51. The lowest BCUT2D eigenvalue weighted by molar-refractivity contribution is 0.199. The lowest BCUT2D eigenvalue weighted by Gasteiger charge is -2.11. The van der Waals surface area contributed by atoms with Crippen molar-refractivity contribution in [3.63, 3.8) is 0 Å². The monoisotopic (exact) mass is 276 g/mol. The molecule has 0 aromatic heterocycles. The molecule has 0 aliphatic heterocycles. The molecule has 2 nitrogen and oxygen atoms in total. The summed E-state index contributed by atoms with van der Waals surface area (Å²) in [5.41, 5.74) is 2.87. The van der Waals surface area contributed by atoms with Gasteiger partial charge in [-0.2, -0.15) is 0 Å². The first-order valence-corrected chi connectivity index (χ1v) is 6.58. The highest BCUT2D eigenvalue weighted by Gasteiger charge is 2.05. The van der Waals surface area contributed by atoms with Crippen molar-refractivity contribution in [1.29, 1.82) is 0 Å². The third-order valence-electron chi connectivity index (χ3n) is 3.01. The van der Waals surface area contributed by atoms with Gasteiger partial charge in [-0.15, -0.1) is 0 Å². The fourth-order valence-corrected chi connectivity index (χ4v) is 2.02. The van der Waals surface area contributed by atoms with Crippen molar-refractivity contribution in [2.24, 2.45) is 0 Å². The quantitative estimate of drug-likeness (QED) is 0.872. The molecule has 2 aromatic rings. The molecule has 19 heavy (non-hydrogen) atoms. The first kappa shape index (κ1) is 13.9. The SMILES string of the molecule is Cc1cc(Oc2ccc(C(C)O)cc2)cc(C)c1Cl. The zero-order valence-electron chi connectivity index (χ0n) is 11.3. The lowest BCUT2D eigenvalue weighted by atomic mass is 10.1. The highest BCUT2D eigenvalue weighted by atomic mass is 35.5. The molecule has 1 atom stereocenters. The summed E-state index contributed by atoms with van der Waals surface area (Å²) in [5, 5.41) is 10.2. The Kier molecular flexibility index (Phi) is 4.13. The topological polar surface area (TPSA) is 29.5 Å². The zero-order chi connectivity index (χ0) is 14.0. The van der Waals surface area contributed by atoms with Gasteiger partial charge in [-0.25, -0.2) is 0 Å². The van der Waals surface area contributed by atoms with Crippen LogP contribution < -0.4 is 4.74 Å². The van der Waals surface area contributed by atoms with Gasteiger partial charge in [-0.3, -0.25) is 0 Å². The zero-order valence-corrected chi connectivity index (χ0v) is 12.0. The van der Waals surface area contributed by atoms with Crippen LogP contribution in [0.2, 0.25) is 5.02 Å². The van der Waals surface area contributed by atoms with Crippen molar-refractivity contribution in [3.05, 3.63) is 58.1 Å². The number of aryl methyl sites for hydroxylation is 2. The molecule has 0 heterocycles. The van der Waals surface area contributed by atoms with Crippen molar-refractivity contribution in [1.82, 2.24) is 0 Å². The van der Waals surface area contributed by atoms with E-state index in [0.29, 0.717) is 0 Å². The molecule has 0 amide bonds. The Balaban J connectivity index is 2.21. The Morgan fingerprint density at radius 3 is 2.00 bits per heavy atom. The summed E-state index contributed by atoms with van der Waals surface area (Å²) >= 11 is 6.12. The van der Waals surface area contributed by atoms with Crippen LogP contribution in [0.4, 0.5) is 0 Å². The maximum Gasteiger partial charge on any atom is 0.128 e. The number of aliphatic hydroxyl groups excluding tert-OH is 1. The van der Waals surface area contributed by atoms with Crippen LogP contribution in [0.5, 0.6) is 11.5 Å². The van der Waals surface area contributed by atoms with Gasteiger partial charge in [0.25, 0.3) is 0 Å². The van der Waals surface area contributed by atoms with Crippen molar-refractivity contribution in [2.45, 2.75) is 26.9 Å². The molecule has 0 spiro atoms. The van der Waals surface area contributed by atoms with Crippen molar-refractivity contribution >= 4 is 11.6 Å². The molecular formula is C16H17ClO2. The molecule has 0 saturated carbocycles. The molecule has 0 fully saturated rings. The van der Waals surface area contributed by atoms with E-state index in [1.807, 2.05) is 50.2 Å². The van der Waals surface area contributed by atoms with Gasteiger partial charge in [0.1, 0.15) is 11.5 Å². The third-order valence-corrected chi connectivity index (χ3v) is 3.60. The third kappa shape index (κ3) is 3.28. The minimum absolute atomic E-state index is 0.464. The summed E-state index contributed by atoms with van der Waals surface area (Å²) in [7, 11) is 0. The van der Waals surface area contributed by atoms with E-state index in [9.17, 15) is 5.11 Å². The molecule has 1 N–H and O–H groups in total. The fraction of sp³-hybridized carbons (Fsp3) is 0.250. The molecular weight excluding hydrogens is 260 g/mol.